The first-order chi connectivity index (χ1) is 23.8. The molecule has 2 heterocycles. The Morgan fingerprint density at radius 1 is 0.837 bits per heavy atom. The number of nitrogens with two attached hydrogens (primary N) is 1. The number of benzene rings is 3. The number of rotatable bonds is 10. The van der Waals surface area contributed by atoms with Crippen molar-refractivity contribution in [3.8, 4) is 5.69 Å². The SMILES string of the molecule is Nc1c(C(=O)c2ccc(F)cc2)ccc(=O)n1-c1ccc(CCN2CCN(C(=O)OCc3ccccc3)C(C(=O)OC3CCCC3)C2)cc1. The lowest BCUT2D eigenvalue weighted by atomic mass is 10.0. The van der Waals surface area contributed by atoms with Crippen molar-refractivity contribution < 1.29 is 28.2 Å². The fraction of sp³-hybridized carbons (Fsp3) is 0.316. The van der Waals surface area contributed by atoms with Gasteiger partial charge in [-0.05, 0) is 85.7 Å². The van der Waals surface area contributed by atoms with Gasteiger partial charge in [0.1, 0.15) is 30.4 Å². The molecule has 1 unspecified atom stereocenters. The van der Waals surface area contributed by atoms with Gasteiger partial charge in [-0.15, -0.1) is 0 Å². The predicted molar refractivity (Wildman–Crippen MR) is 182 cm³/mol. The summed E-state index contributed by atoms with van der Waals surface area (Å²) in [7, 11) is 0. The van der Waals surface area contributed by atoms with Gasteiger partial charge < -0.3 is 15.2 Å². The summed E-state index contributed by atoms with van der Waals surface area (Å²) < 4.78 is 26.1. The minimum absolute atomic E-state index is 0.00901. The van der Waals surface area contributed by atoms with E-state index in [2.05, 4.69) is 4.90 Å². The van der Waals surface area contributed by atoms with Crippen molar-refractivity contribution in [2.24, 2.45) is 0 Å². The molecule has 10 nitrogen and oxygen atoms in total. The zero-order chi connectivity index (χ0) is 34.3. The lowest BCUT2D eigenvalue weighted by Crippen LogP contribution is -2.59. The molecule has 1 saturated heterocycles. The molecule has 0 bridgehead atoms. The minimum Gasteiger partial charge on any atom is -0.461 e. The molecule has 2 fully saturated rings. The van der Waals surface area contributed by atoms with Crippen LogP contribution in [0.25, 0.3) is 5.69 Å². The highest BCUT2D eigenvalue weighted by Gasteiger charge is 2.38. The summed E-state index contributed by atoms with van der Waals surface area (Å²) in [5, 5.41) is 0. The third kappa shape index (κ3) is 8.06. The van der Waals surface area contributed by atoms with E-state index in [1.807, 2.05) is 42.5 Å². The number of carbonyl (C=O) groups excluding carboxylic acids is 3. The van der Waals surface area contributed by atoms with Crippen LogP contribution in [-0.4, -0.2) is 70.5 Å². The standard InChI is InChI=1S/C38H39FN4O6/c39-29-14-12-28(13-15-29)35(45)32-18-19-34(44)43(36(32)40)30-16-10-26(11-17-30)20-21-41-22-23-42(38(47)48-25-27-6-2-1-3-7-27)33(24-41)37(46)49-31-8-4-5-9-31/h1-3,6-7,10-19,31,33H,4-5,8-9,20-25,40H2. The number of nitrogens with zero attached hydrogens (tertiary/aromatic N) is 3. The van der Waals surface area contributed by atoms with Gasteiger partial charge in [0, 0.05) is 37.8 Å². The van der Waals surface area contributed by atoms with Crippen LogP contribution in [0.15, 0.2) is 95.8 Å². The Balaban J connectivity index is 1.11. The topological polar surface area (TPSA) is 124 Å². The van der Waals surface area contributed by atoms with Crippen LogP contribution < -0.4 is 11.3 Å². The fourth-order valence-electron chi connectivity index (χ4n) is 6.38. The molecule has 1 aliphatic carbocycles. The van der Waals surface area contributed by atoms with Crippen LogP contribution in [0, 0.1) is 5.82 Å². The number of ether oxygens (including phenoxy) is 2. The Bertz CT molecular complexity index is 1840. The number of nitrogen functional groups attached to an aromatic ring is 1. The summed E-state index contributed by atoms with van der Waals surface area (Å²) in [4.78, 5) is 56.1. The molecule has 2 N–H and O–H groups in total. The molecule has 49 heavy (non-hydrogen) atoms. The van der Waals surface area contributed by atoms with Gasteiger partial charge in [-0.3, -0.25) is 24.0 Å². The normalized spacial score (nSPS) is 16.8. The number of amides is 1. The van der Waals surface area contributed by atoms with Crippen molar-refractivity contribution >= 4 is 23.7 Å². The number of halogens is 1. The fourth-order valence-corrected chi connectivity index (χ4v) is 6.38. The van der Waals surface area contributed by atoms with Crippen molar-refractivity contribution in [1.29, 1.82) is 0 Å². The monoisotopic (exact) mass is 666 g/mol. The Morgan fingerprint density at radius 3 is 2.27 bits per heavy atom. The molecule has 2 aliphatic rings. The van der Waals surface area contributed by atoms with E-state index < -0.39 is 35.3 Å². The zero-order valence-corrected chi connectivity index (χ0v) is 27.1. The summed E-state index contributed by atoms with van der Waals surface area (Å²) in [6.07, 6.45) is 3.72. The molecule has 1 aliphatic heterocycles. The van der Waals surface area contributed by atoms with E-state index >= 15 is 0 Å². The first-order valence-corrected chi connectivity index (χ1v) is 16.6. The molecule has 4 aromatic rings. The second-order valence-corrected chi connectivity index (χ2v) is 12.5. The lowest BCUT2D eigenvalue weighted by molar-refractivity contribution is -0.157. The quantitative estimate of drug-likeness (QED) is 0.182. The van der Waals surface area contributed by atoms with E-state index in [1.54, 1.807) is 12.1 Å². The van der Waals surface area contributed by atoms with E-state index in [-0.39, 0.29) is 29.7 Å². The smallest absolute Gasteiger partial charge is 0.410 e. The molecule has 1 amide bonds. The number of hydrogen-bond donors (Lipinski definition) is 1. The summed E-state index contributed by atoms with van der Waals surface area (Å²) in [6, 6.07) is 23.7. The van der Waals surface area contributed by atoms with Crippen LogP contribution in [0.2, 0.25) is 0 Å². The summed E-state index contributed by atoms with van der Waals surface area (Å²) in [6.45, 7) is 1.96. The molecule has 11 heteroatoms. The first kappa shape index (κ1) is 33.6. The second kappa shape index (κ2) is 15.3. The first-order valence-electron chi connectivity index (χ1n) is 16.6. The number of pyridine rings is 1. The van der Waals surface area contributed by atoms with Crippen molar-refractivity contribution in [2.75, 3.05) is 31.9 Å². The molecule has 1 aromatic heterocycles. The maximum Gasteiger partial charge on any atom is 0.410 e. The summed E-state index contributed by atoms with van der Waals surface area (Å²) >= 11 is 0. The largest absolute Gasteiger partial charge is 0.461 e. The molecule has 254 valence electrons. The number of ketones is 1. The van der Waals surface area contributed by atoms with Crippen LogP contribution >= 0.6 is 0 Å². The Morgan fingerprint density at radius 2 is 1.55 bits per heavy atom. The van der Waals surface area contributed by atoms with E-state index in [1.165, 1.54) is 45.9 Å². The average molecular weight is 667 g/mol. The van der Waals surface area contributed by atoms with E-state index in [9.17, 15) is 23.6 Å². The van der Waals surface area contributed by atoms with Crippen molar-refractivity contribution in [1.82, 2.24) is 14.4 Å². The maximum atomic E-state index is 13.4. The van der Waals surface area contributed by atoms with Crippen molar-refractivity contribution in [3.63, 3.8) is 0 Å². The second-order valence-electron chi connectivity index (χ2n) is 12.5. The van der Waals surface area contributed by atoms with Crippen molar-refractivity contribution in [3.05, 3.63) is 129 Å². The number of anilines is 1. The minimum atomic E-state index is -0.778. The van der Waals surface area contributed by atoms with Gasteiger partial charge in [-0.25, -0.2) is 14.0 Å². The molecular weight excluding hydrogens is 627 g/mol. The molecular formula is C38H39FN4O6. The Kier molecular flexibility index (Phi) is 10.5. The molecule has 0 radical (unpaired) electrons. The van der Waals surface area contributed by atoms with Crippen LogP contribution in [-0.2, 0) is 27.3 Å². The van der Waals surface area contributed by atoms with Gasteiger partial charge in [-0.2, -0.15) is 0 Å². The lowest BCUT2D eigenvalue weighted by Gasteiger charge is -2.39. The third-order valence-corrected chi connectivity index (χ3v) is 9.15. The van der Waals surface area contributed by atoms with E-state index in [0.717, 1.165) is 36.8 Å². The van der Waals surface area contributed by atoms with Gasteiger partial charge in [-0.1, -0.05) is 42.5 Å². The highest BCUT2D eigenvalue weighted by atomic mass is 19.1. The number of carbonyl (C=O) groups is 3. The number of piperazine rings is 1. The van der Waals surface area contributed by atoms with Crippen LogP contribution in [0.5, 0.6) is 0 Å². The molecule has 6 rings (SSSR count). The molecule has 3 aromatic carbocycles. The van der Waals surface area contributed by atoms with Gasteiger partial charge in [0.15, 0.2) is 5.78 Å². The van der Waals surface area contributed by atoms with Crippen LogP contribution in [0.4, 0.5) is 15.0 Å². The molecule has 1 saturated carbocycles. The van der Waals surface area contributed by atoms with Gasteiger partial charge in [0.05, 0.1) is 11.3 Å². The molecule has 1 atom stereocenters. The Labute approximate surface area is 283 Å². The van der Waals surface area contributed by atoms with Crippen LogP contribution in [0.1, 0.15) is 52.7 Å². The highest BCUT2D eigenvalue weighted by Crippen LogP contribution is 2.24. The van der Waals surface area contributed by atoms with E-state index in [0.29, 0.717) is 38.3 Å². The Hall–Kier alpha value is -5.29. The van der Waals surface area contributed by atoms with Gasteiger partial charge in [0.25, 0.3) is 5.56 Å². The van der Waals surface area contributed by atoms with Crippen molar-refractivity contribution in [2.45, 2.75) is 50.9 Å². The highest BCUT2D eigenvalue weighted by molar-refractivity contribution is 6.11. The number of aromatic nitrogens is 1. The van der Waals surface area contributed by atoms with E-state index in [4.69, 9.17) is 15.2 Å². The average Bonchev–Trinajstić information content (AvgIpc) is 3.64. The summed E-state index contributed by atoms with van der Waals surface area (Å²) in [5.74, 6) is -1.29. The zero-order valence-electron chi connectivity index (χ0n) is 27.1. The summed E-state index contributed by atoms with van der Waals surface area (Å²) in [5.41, 5.74) is 8.69. The van der Waals surface area contributed by atoms with Gasteiger partial charge in [0.2, 0.25) is 0 Å². The van der Waals surface area contributed by atoms with Gasteiger partial charge >= 0.3 is 12.1 Å². The van der Waals surface area contributed by atoms with Crippen LogP contribution in [0.3, 0.4) is 0 Å². The number of esters is 1. The third-order valence-electron chi connectivity index (χ3n) is 9.15. The predicted octanol–water partition coefficient (Wildman–Crippen LogP) is 5.14. The number of hydrogen-bond acceptors (Lipinski definition) is 8. The maximum absolute atomic E-state index is 13.4. The molecule has 0 spiro atoms.